The van der Waals surface area contributed by atoms with E-state index in [9.17, 15) is 19.5 Å². The fourth-order valence-electron chi connectivity index (χ4n) is 4.65. The first-order valence-corrected chi connectivity index (χ1v) is 12.2. The number of fused-ring (bicyclic) bond motifs is 1. The molecular formula is C24H31N5O6. The van der Waals surface area contributed by atoms with Crippen molar-refractivity contribution in [3.63, 3.8) is 0 Å². The molecule has 2 aromatic heterocycles. The van der Waals surface area contributed by atoms with Gasteiger partial charge in [-0.1, -0.05) is 0 Å². The highest BCUT2D eigenvalue weighted by Gasteiger charge is 2.31. The fraction of sp³-hybridized carbons (Fsp3) is 0.583. The summed E-state index contributed by atoms with van der Waals surface area (Å²) in [5.74, 6) is -1.06. The van der Waals surface area contributed by atoms with Crippen LogP contribution in [0, 0.1) is 12.8 Å². The number of aryl methyl sites for hydroxylation is 1. The lowest BCUT2D eigenvalue weighted by molar-refractivity contribution is -0.129. The highest BCUT2D eigenvalue weighted by atomic mass is 16.5. The number of amides is 2. The molecule has 35 heavy (non-hydrogen) atoms. The maximum atomic E-state index is 13.6. The van der Waals surface area contributed by atoms with Crippen LogP contribution >= 0.6 is 0 Å². The number of nitrogens with zero attached hydrogens (tertiary/aromatic N) is 4. The van der Waals surface area contributed by atoms with Gasteiger partial charge in [0.05, 0.1) is 18.9 Å². The van der Waals surface area contributed by atoms with Crippen LogP contribution in [0.25, 0.3) is 11.7 Å². The number of ether oxygens (including phenoxy) is 2. The Kier molecular flexibility index (Phi) is 6.61. The second-order valence-electron chi connectivity index (χ2n) is 9.42. The van der Waals surface area contributed by atoms with Crippen LogP contribution in [0.4, 0.5) is 0 Å². The molecule has 4 heterocycles. The zero-order valence-corrected chi connectivity index (χ0v) is 19.9. The Morgan fingerprint density at radius 2 is 1.80 bits per heavy atom. The average molecular weight is 486 g/mol. The first-order valence-electron chi connectivity index (χ1n) is 12.2. The summed E-state index contributed by atoms with van der Waals surface area (Å²) >= 11 is 0. The molecule has 2 amide bonds. The van der Waals surface area contributed by atoms with Crippen LogP contribution in [-0.2, 0) is 20.8 Å². The summed E-state index contributed by atoms with van der Waals surface area (Å²) in [5, 5.41) is 18.2. The molecule has 2 saturated heterocycles. The van der Waals surface area contributed by atoms with E-state index in [4.69, 9.17) is 9.47 Å². The summed E-state index contributed by atoms with van der Waals surface area (Å²) in [7, 11) is 0. The molecule has 2 aliphatic heterocycles. The molecule has 11 nitrogen and oxygen atoms in total. The predicted molar refractivity (Wildman–Crippen MR) is 126 cm³/mol. The van der Waals surface area contributed by atoms with Crippen LogP contribution < -0.4 is 10.9 Å². The van der Waals surface area contributed by atoms with Crippen LogP contribution in [0.5, 0.6) is 5.88 Å². The number of nitrogens with one attached hydrogen (secondary N) is 1. The number of hydrogen-bond donors (Lipinski definition) is 2. The lowest BCUT2D eigenvalue weighted by Crippen LogP contribution is -2.39. The first kappa shape index (κ1) is 23.6. The molecule has 2 aromatic rings. The molecule has 1 saturated carbocycles. The molecule has 188 valence electrons. The van der Waals surface area contributed by atoms with Gasteiger partial charge in [0, 0.05) is 50.5 Å². The largest absolute Gasteiger partial charge is 0.492 e. The van der Waals surface area contributed by atoms with E-state index in [0.29, 0.717) is 63.0 Å². The third kappa shape index (κ3) is 4.83. The molecule has 3 aliphatic rings. The van der Waals surface area contributed by atoms with Crippen LogP contribution in [0.3, 0.4) is 0 Å². The summed E-state index contributed by atoms with van der Waals surface area (Å²) in [6.07, 6.45) is 6.39. The molecule has 0 atom stereocenters. The number of hydrogen-bond acceptors (Lipinski definition) is 7. The Bertz CT molecular complexity index is 1220. The van der Waals surface area contributed by atoms with Crippen molar-refractivity contribution in [3.8, 4) is 5.88 Å². The van der Waals surface area contributed by atoms with Crippen LogP contribution in [0.15, 0.2) is 10.9 Å². The van der Waals surface area contributed by atoms with E-state index in [1.54, 1.807) is 17.9 Å². The molecule has 0 bridgehead atoms. The Morgan fingerprint density at radius 3 is 2.49 bits per heavy atom. The zero-order chi connectivity index (χ0) is 24.5. The Hall–Kier alpha value is -3.18. The number of rotatable bonds is 6. The van der Waals surface area contributed by atoms with Gasteiger partial charge in [-0.15, -0.1) is 0 Å². The van der Waals surface area contributed by atoms with Crippen molar-refractivity contribution < 1.29 is 24.2 Å². The molecule has 0 spiro atoms. The number of morpholine rings is 1. The lowest BCUT2D eigenvalue weighted by atomic mass is 10.00. The van der Waals surface area contributed by atoms with E-state index in [1.165, 1.54) is 15.2 Å². The van der Waals surface area contributed by atoms with Crippen LogP contribution in [0.2, 0.25) is 0 Å². The third-order valence-corrected chi connectivity index (χ3v) is 6.86. The molecule has 2 N–H and O–H groups in total. The van der Waals surface area contributed by atoms with E-state index < -0.39 is 17.3 Å². The molecule has 0 unspecified atom stereocenters. The van der Waals surface area contributed by atoms with Crippen molar-refractivity contribution >= 4 is 23.5 Å². The minimum absolute atomic E-state index is 0.0324. The summed E-state index contributed by atoms with van der Waals surface area (Å²) in [5.41, 5.74) is 0.587. The quantitative estimate of drug-likeness (QED) is 0.577. The van der Waals surface area contributed by atoms with Crippen molar-refractivity contribution in [1.82, 2.24) is 24.4 Å². The number of carbonyl (C=O) groups is 2. The van der Waals surface area contributed by atoms with Gasteiger partial charge >= 0.3 is 0 Å². The highest BCUT2D eigenvalue weighted by Crippen LogP contribution is 2.26. The molecular weight excluding hydrogens is 454 g/mol. The summed E-state index contributed by atoms with van der Waals surface area (Å²) < 4.78 is 13.5. The summed E-state index contributed by atoms with van der Waals surface area (Å²) in [6, 6.07) is 0.0324. The summed E-state index contributed by atoms with van der Waals surface area (Å²) in [4.78, 5) is 40.9. The molecule has 0 radical (unpaired) electrons. The van der Waals surface area contributed by atoms with Gasteiger partial charge in [0.15, 0.2) is 5.56 Å². The maximum absolute atomic E-state index is 13.6. The summed E-state index contributed by atoms with van der Waals surface area (Å²) in [6.45, 7) is 5.37. The van der Waals surface area contributed by atoms with Gasteiger partial charge in [-0.3, -0.25) is 19.0 Å². The minimum atomic E-state index is -0.592. The van der Waals surface area contributed by atoms with Crippen molar-refractivity contribution in [3.05, 3.63) is 33.3 Å². The number of carbonyl (C=O) groups excluding carboxylic acids is 2. The van der Waals surface area contributed by atoms with E-state index in [2.05, 4.69) is 10.4 Å². The van der Waals surface area contributed by atoms with Gasteiger partial charge in [-0.25, -0.2) is 0 Å². The minimum Gasteiger partial charge on any atom is -0.492 e. The Morgan fingerprint density at radius 1 is 1.11 bits per heavy atom. The second kappa shape index (κ2) is 9.82. The van der Waals surface area contributed by atoms with Crippen LogP contribution in [0.1, 0.15) is 47.3 Å². The number of aromatic nitrogens is 3. The van der Waals surface area contributed by atoms with Gasteiger partial charge in [-0.2, -0.15) is 9.61 Å². The Labute approximate surface area is 202 Å². The van der Waals surface area contributed by atoms with Gasteiger partial charge < -0.3 is 24.8 Å². The van der Waals surface area contributed by atoms with Gasteiger partial charge in [0.2, 0.25) is 11.8 Å². The fourth-order valence-corrected chi connectivity index (χ4v) is 4.65. The van der Waals surface area contributed by atoms with Crippen molar-refractivity contribution in [2.45, 2.75) is 45.2 Å². The van der Waals surface area contributed by atoms with Gasteiger partial charge in [-0.05, 0) is 44.6 Å². The average Bonchev–Trinajstić information content (AvgIpc) is 3.62. The molecule has 5 rings (SSSR count). The van der Waals surface area contributed by atoms with Gasteiger partial charge in [0.25, 0.3) is 11.5 Å². The van der Waals surface area contributed by atoms with E-state index in [0.717, 1.165) is 25.7 Å². The first-order chi connectivity index (χ1) is 16.9. The topological polar surface area (TPSA) is 127 Å². The normalized spacial score (nSPS) is 19.5. The second-order valence-corrected chi connectivity index (χ2v) is 9.42. The third-order valence-electron chi connectivity index (χ3n) is 6.86. The van der Waals surface area contributed by atoms with E-state index in [-0.39, 0.29) is 23.4 Å². The van der Waals surface area contributed by atoms with Gasteiger partial charge in [0.1, 0.15) is 5.65 Å². The van der Waals surface area contributed by atoms with Crippen molar-refractivity contribution in [2.75, 3.05) is 39.5 Å². The zero-order valence-electron chi connectivity index (χ0n) is 19.9. The standard InChI is InChI=1S/C24H31N5O6/c1-15-18(4-5-19(30)27-8-12-35-13-9-27)22-28(14-16-6-10-34-11-7-16)23(32)20(24(33)29(22)26-15)21(31)25-17-2-3-17/h4-5,16-17,33H,2-3,6-14H2,1H3,(H,25,31)/b5-4+. The lowest BCUT2D eigenvalue weighted by Gasteiger charge is -2.25. The molecule has 3 fully saturated rings. The predicted octanol–water partition coefficient (Wildman–Crippen LogP) is 0.701. The molecule has 1 aliphatic carbocycles. The molecule has 0 aromatic carbocycles. The Balaban J connectivity index is 1.58. The highest BCUT2D eigenvalue weighted by molar-refractivity contribution is 5.97. The monoisotopic (exact) mass is 485 g/mol. The maximum Gasteiger partial charge on any atom is 0.270 e. The van der Waals surface area contributed by atoms with Crippen LogP contribution in [-0.4, -0.2) is 81.6 Å². The molecule has 11 heteroatoms. The smallest absolute Gasteiger partial charge is 0.270 e. The number of aromatic hydroxyl groups is 1. The van der Waals surface area contributed by atoms with E-state index >= 15 is 0 Å². The van der Waals surface area contributed by atoms with E-state index in [1.807, 2.05) is 0 Å². The van der Waals surface area contributed by atoms with Crippen molar-refractivity contribution in [2.24, 2.45) is 5.92 Å². The SMILES string of the molecule is Cc1nn2c(O)c(C(=O)NC3CC3)c(=O)n(CC3CCOCC3)c2c1/C=C/C(=O)N1CCOCC1. The van der Waals surface area contributed by atoms with Crippen molar-refractivity contribution in [1.29, 1.82) is 0 Å².